The Hall–Kier alpha value is -4.28. The number of fused-ring (bicyclic) bond motifs is 1. The first-order chi connectivity index (χ1) is 20.2. The van der Waals surface area contributed by atoms with E-state index in [2.05, 4.69) is 21.3 Å². The van der Waals surface area contributed by atoms with Gasteiger partial charge in [-0.05, 0) is 61.4 Å². The average molecular weight is 583 g/mol. The Kier molecular flexibility index (Phi) is 12.5. The highest BCUT2D eigenvalue weighted by Gasteiger charge is 2.28. The van der Waals surface area contributed by atoms with Gasteiger partial charge in [0.1, 0.15) is 17.8 Å². The van der Waals surface area contributed by atoms with E-state index >= 15 is 0 Å². The van der Waals surface area contributed by atoms with Crippen molar-refractivity contribution in [2.24, 2.45) is 5.92 Å². The van der Waals surface area contributed by atoms with E-state index in [4.69, 9.17) is 14.2 Å². The molecule has 0 spiro atoms. The van der Waals surface area contributed by atoms with Gasteiger partial charge in [-0.15, -0.1) is 0 Å². The molecule has 42 heavy (non-hydrogen) atoms. The maximum Gasteiger partial charge on any atom is 0.255 e. The van der Waals surface area contributed by atoms with Crippen molar-refractivity contribution >= 4 is 23.6 Å². The molecule has 0 saturated heterocycles. The molecule has 11 heteroatoms. The Bertz CT molecular complexity index is 1230. The summed E-state index contributed by atoms with van der Waals surface area (Å²) in [4.78, 5) is 52.4. The number of hydrogen-bond acceptors (Lipinski definition) is 7. The van der Waals surface area contributed by atoms with Crippen LogP contribution in [0.1, 0.15) is 55.5 Å². The fourth-order valence-electron chi connectivity index (χ4n) is 4.62. The van der Waals surface area contributed by atoms with E-state index in [9.17, 15) is 19.2 Å². The first-order valence-electron chi connectivity index (χ1n) is 14.3. The van der Waals surface area contributed by atoms with E-state index in [1.54, 1.807) is 38.5 Å². The number of rotatable bonds is 9. The van der Waals surface area contributed by atoms with Crippen LogP contribution >= 0.6 is 0 Å². The lowest BCUT2D eigenvalue weighted by Gasteiger charge is -2.22. The van der Waals surface area contributed by atoms with Gasteiger partial charge in [0, 0.05) is 13.1 Å². The summed E-state index contributed by atoms with van der Waals surface area (Å²) in [7, 11) is 3.14. The minimum absolute atomic E-state index is 0.144. The maximum absolute atomic E-state index is 13.3. The lowest BCUT2D eigenvalue weighted by atomic mass is 10.0. The number of carbonyl (C=O) groups excluding carboxylic acids is 4. The molecule has 4 N–H and O–H groups in total. The fraction of sp³-hybridized carbons (Fsp3) is 0.484. The lowest BCUT2D eigenvalue weighted by Crippen LogP contribution is -2.52. The Labute approximate surface area is 247 Å². The molecule has 0 fully saturated rings. The molecule has 2 aromatic rings. The molecule has 2 aromatic carbocycles. The molecule has 1 heterocycles. The van der Waals surface area contributed by atoms with Crippen LogP contribution < -0.4 is 35.5 Å². The van der Waals surface area contributed by atoms with E-state index in [1.807, 2.05) is 32.0 Å². The number of aryl methyl sites for hydroxylation is 1. The number of benzene rings is 2. The molecule has 4 amide bonds. The highest BCUT2D eigenvalue weighted by Crippen LogP contribution is 2.28. The maximum atomic E-state index is 13.3. The molecule has 2 atom stereocenters. The van der Waals surface area contributed by atoms with Gasteiger partial charge in [0.2, 0.25) is 17.7 Å². The summed E-state index contributed by atoms with van der Waals surface area (Å²) < 4.78 is 16.4. The number of carbonyl (C=O) groups is 4. The second-order valence-corrected chi connectivity index (χ2v) is 10.6. The molecule has 0 unspecified atom stereocenters. The van der Waals surface area contributed by atoms with Crippen molar-refractivity contribution in [3.63, 3.8) is 0 Å². The number of amides is 4. The van der Waals surface area contributed by atoms with Crippen LogP contribution in [0.2, 0.25) is 0 Å². The number of para-hydroxylation sites is 1. The summed E-state index contributed by atoms with van der Waals surface area (Å²) in [5.74, 6) is -0.0959. The predicted molar refractivity (Wildman–Crippen MR) is 158 cm³/mol. The van der Waals surface area contributed by atoms with Gasteiger partial charge in [-0.2, -0.15) is 0 Å². The van der Waals surface area contributed by atoms with Crippen molar-refractivity contribution in [1.82, 2.24) is 21.3 Å². The van der Waals surface area contributed by atoms with E-state index in [-0.39, 0.29) is 30.4 Å². The Morgan fingerprint density at radius 2 is 1.81 bits per heavy atom. The first kappa shape index (κ1) is 32.2. The molecular weight excluding hydrogens is 540 g/mol. The number of nitrogens with one attached hydrogen (secondary N) is 4. The van der Waals surface area contributed by atoms with E-state index in [0.717, 1.165) is 5.56 Å². The third-order valence-electron chi connectivity index (χ3n) is 6.77. The summed E-state index contributed by atoms with van der Waals surface area (Å²) in [5, 5.41) is 11.1. The highest BCUT2D eigenvalue weighted by molar-refractivity contribution is 6.01. The van der Waals surface area contributed by atoms with Gasteiger partial charge in [0.25, 0.3) is 5.91 Å². The fourth-order valence-corrected chi connectivity index (χ4v) is 4.62. The van der Waals surface area contributed by atoms with Crippen LogP contribution in [0, 0.1) is 5.92 Å². The molecule has 1 aliphatic rings. The lowest BCUT2D eigenvalue weighted by molar-refractivity contribution is -0.131. The van der Waals surface area contributed by atoms with Crippen molar-refractivity contribution in [1.29, 1.82) is 0 Å². The monoisotopic (exact) mass is 582 g/mol. The average Bonchev–Trinajstić information content (AvgIpc) is 2.97. The quantitative estimate of drug-likeness (QED) is 0.332. The summed E-state index contributed by atoms with van der Waals surface area (Å²) in [6.07, 6.45) is 1.88. The van der Waals surface area contributed by atoms with Gasteiger partial charge in [-0.1, -0.05) is 32.0 Å². The van der Waals surface area contributed by atoms with Crippen molar-refractivity contribution in [3.8, 4) is 17.2 Å². The second kappa shape index (κ2) is 16.2. The van der Waals surface area contributed by atoms with E-state index in [1.165, 1.54) is 0 Å². The number of ether oxygens (including phenoxy) is 3. The molecule has 0 bridgehead atoms. The second-order valence-electron chi connectivity index (χ2n) is 10.6. The third kappa shape index (κ3) is 9.67. The van der Waals surface area contributed by atoms with Crippen LogP contribution in [-0.2, 0) is 20.8 Å². The molecule has 1 aliphatic heterocycles. The molecule has 0 aromatic heterocycles. The van der Waals surface area contributed by atoms with Crippen molar-refractivity contribution in [3.05, 3.63) is 53.6 Å². The standard InChI is InChI=1S/C31H42N4O7/c1-20(2)17-23-30(38)33-15-8-16-42-25-11-6-5-10-22(25)29(37)35-24(19-28(36)34-23)31(39)32-14-7-9-21-12-13-26(40-3)27(18-21)41-4/h5-6,10-13,18,20,23-24H,7-9,14-17,19H2,1-4H3,(H,32,39)(H,33,38)(H,34,36)(H,35,37)/t23-,24-/m0/s1. The van der Waals surface area contributed by atoms with Gasteiger partial charge in [-0.25, -0.2) is 0 Å². The van der Waals surface area contributed by atoms with Crippen molar-refractivity contribution in [2.45, 2.75) is 58.0 Å². The minimum Gasteiger partial charge on any atom is -0.493 e. The van der Waals surface area contributed by atoms with Gasteiger partial charge >= 0.3 is 0 Å². The third-order valence-corrected chi connectivity index (χ3v) is 6.77. The number of hydrogen-bond donors (Lipinski definition) is 4. The molecule has 0 radical (unpaired) electrons. The molecular formula is C31H42N4O7. The van der Waals surface area contributed by atoms with E-state index in [0.29, 0.717) is 56.0 Å². The Morgan fingerprint density at radius 1 is 1.05 bits per heavy atom. The predicted octanol–water partition coefficient (Wildman–Crippen LogP) is 2.37. The topological polar surface area (TPSA) is 144 Å². The summed E-state index contributed by atoms with van der Waals surface area (Å²) >= 11 is 0. The van der Waals surface area contributed by atoms with Crippen LogP contribution in [0.5, 0.6) is 17.2 Å². The van der Waals surface area contributed by atoms with Gasteiger partial charge in [-0.3, -0.25) is 19.2 Å². The van der Waals surface area contributed by atoms with Crippen molar-refractivity contribution < 1.29 is 33.4 Å². The van der Waals surface area contributed by atoms with Crippen molar-refractivity contribution in [2.75, 3.05) is 33.9 Å². The zero-order valence-electron chi connectivity index (χ0n) is 24.8. The molecule has 11 nitrogen and oxygen atoms in total. The van der Waals surface area contributed by atoms with Gasteiger partial charge in [0.15, 0.2) is 11.5 Å². The molecule has 0 aliphatic carbocycles. The number of methoxy groups -OCH3 is 2. The molecule has 3 rings (SSSR count). The van der Waals surface area contributed by atoms with Gasteiger partial charge < -0.3 is 35.5 Å². The van der Waals surface area contributed by atoms with E-state index < -0.39 is 29.8 Å². The highest BCUT2D eigenvalue weighted by atomic mass is 16.5. The first-order valence-corrected chi connectivity index (χ1v) is 14.3. The largest absolute Gasteiger partial charge is 0.493 e. The van der Waals surface area contributed by atoms with Crippen LogP contribution in [0.4, 0.5) is 0 Å². The zero-order chi connectivity index (χ0) is 30.5. The minimum atomic E-state index is -1.17. The zero-order valence-corrected chi connectivity index (χ0v) is 24.8. The normalized spacial score (nSPS) is 18.3. The van der Waals surface area contributed by atoms with Gasteiger partial charge in [0.05, 0.1) is 32.8 Å². The van der Waals surface area contributed by atoms with Crippen LogP contribution in [-0.4, -0.2) is 69.6 Å². The smallest absolute Gasteiger partial charge is 0.255 e. The van der Waals surface area contributed by atoms with Crippen LogP contribution in [0.15, 0.2) is 42.5 Å². The Morgan fingerprint density at radius 3 is 2.55 bits per heavy atom. The Balaban J connectivity index is 1.73. The summed E-state index contributed by atoms with van der Waals surface area (Å²) in [5.41, 5.74) is 1.26. The van der Waals surface area contributed by atoms with Crippen LogP contribution in [0.3, 0.4) is 0 Å². The SMILES string of the molecule is COc1ccc(CCCNC(=O)[C@@H]2CC(=O)N[C@@H](CC(C)C)C(=O)NCCCOc3ccccc3C(=O)N2)cc1OC. The molecule has 0 saturated carbocycles. The molecule has 228 valence electrons. The summed E-state index contributed by atoms with van der Waals surface area (Å²) in [6, 6.07) is 10.4. The summed E-state index contributed by atoms with van der Waals surface area (Å²) in [6.45, 7) is 4.86. The van der Waals surface area contributed by atoms with Crippen LogP contribution in [0.25, 0.3) is 0 Å².